The van der Waals surface area contributed by atoms with Crippen molar-refractivity contribution in [3.8, 4) is 0 Å². The first-order valence-electron chi connectivity index (χ1n) is 1.83. The average Bonchev–Trinajstić information content (AvgIpc) is 1.36. The molecule has 0 aliphatic carbocycles. The van der Waals surface area contributed by atoms with E-state index in [2.05, 4.69) is 0 Å². The molecule has 0 bridgehead atoms. The van der Waals surface area contributed by atoms with Crippen LogP contribution >= 0.6 is 0 Å². The van der Waals surface area contributed by atoms with Crippen LogP contribution in [0.2, 0.25) is 0 Å². The third-order valence-corrected chi connectivity index (χ3v) is 0.622. The van der Waals surface area contributed by atoms with E-state index in [1.807, 2.05) is 0 Å². The average molecular weight is 264 g/mol. The quantitative estimate of drug-likeness (QED) is 0.500. The van der Waals surface area contributed by atoms with Crippen molar-refractivity contribution in [1.29, 1.82) is 0 Å². The second-order valence-electron chi connectivity index (χ2n) is 1.37. The normalized spacial score (nSPS) is 6.57. The molecule has 0 N–H and O–H groups in total. The summed E-state index contributed by atoms with van der Waals surface area (Å²) in [5.74, 6) is 0. The smallest absolute Gasteiger partial charge is 0.391 e. The second-order valence-corrected chi connectivity index (χ2v) is 1.37. The van der Waals surface area contributed by atoms with E-state index < -0.39 is 0 Å². The van der Waals surface area contributed by atoms with Crippen molar-refractivity contribution in [3.05, 3.63) is 24.3 Å². The molecule has 0 nitrogen and oxygen atoms in total. The van der Waals surface area contributed by atoms with Crippen molar-refractivity contribution in [3.63, 3.8) is 0 Å². The van der Waals surface area contributed by atoms with Crippen molar-refractivity contribution in [2.24, 2.45) is 0 Å². The van der Waals surface area contributed by atoms with E-state index in [0.29, 0.717) is 11.1 Å². The van der Waals surface area contributed by atoms with E-state index >= 15 is 0 Å². The van der Waals surface area contributed by atoms with Gasteiger partial charge >= 0.3 is 21.1 Å². The molecule has 0 saturated carbocycles. The first-order chi connectivity index (χ1) is 2.64. The van der Waals surface area contributed by atoms with Gasteiger partial charge in [-0.1, -0.05) is 0 Å². The topological polar surface area (TPSA) is 0 Å². The van der Waals surface area contributed by atoms with Gasteiger partial charge in [-0.15, -0.1) is 13.8 Å². The molecule has 1 heteroatoms. The zero-order valence-electron chi connectivity index (χ0n) is 4.56. The fourth-order valence-electron chi connectivity index (χ4n) is 0. The van der Waals surface area contributed by atoms with Crippen LogP contribution in [0.15, 0.2) is 11.1 Å². The third-order valence-electron chi connectivity index (χ3n) is 0.622. The Kier molecular flexibility index (Phi) is 6.32. The van der Waals surface area contributed by atoms with Crippen LogP contribution in [0.5, 0.6) is 0 Å². The number of rotatable bonds is 1. The van der Waals surface area contributed by atoms with Crippen molar-refractivity contribution in [2.45, 2.75) is 13.8 Å². The Morgan fingerprint density at radius 1 is 1.00 bits per heavy atom. The van der Waals surface area contributed by atoms with Gasteiger partial charge < -0.3 is 24.3 Å². The summed E-state index contributed by atoms with van der Waals surface area (Å²) in [6.07, 6.45) is 0. The molecule has 0 unspecified atom stereocenters. The SMILES string of the molecule is [CH-]=C(C)C(=[CH-])C.[W+2]. The summed E-state index contributed by atoms with van der Waals surface area (Å²) < 4.78 is 0. The van der Waals surface area contributed by atoms with E-state index in [9.17, 15) is 0 Å². The Balaban J connectivity index is 0. The minimum Gasteiger partial charge on any atom is -0.391 e. The second kappa shape index (κ2) is 4.33. The Labute approximate surface area is 59.6 Å². The molecular formula is C6H8W. The molecule has 0 heterocycles. The van der Waals surface area contributed by atoms with Gasteiger partial charge in [0.25, 0.3) is 0 Å². The number of allylic oxidation sites excluding steroid dienone is 2. The monoisotopic (exact) mass is 264 g/mol. The molecule has 0 fully saturated rings. The molecule has 0 aromatic heterocycles. The van der Waals surface area contributed by atoms with Crippen LogP contribution in [0.25, 0.3) is 0 Å². The van der Waals surface area contributed by atoms with Crippen LogP contribution in [-0.4, -0.2) is 0 Å². The van der Waals surface area contributed by atoms with Crippen LogP contribution in [0, 0.1) is 13.2 Å². The van der Waals surface area contributed by atoms with E-state index in [1.165, 1.54) is 0 Å². The van der Waals surface area contributed by atoms with Crippen LogP contribution in [-0.2, 0) is 21.1 Å². The van der Waals surface area contributed by atoms with Crippen molar-refractivity contribution >= 4 is 0 Å². The fraction of sp³-hybridized carbons (Fsp3) is 0.333. The maximum atomic E-state index is 5.19. The number of hydrogen-bond donors (Lipinski definition) is 0. The molecule has 0 saturated heterocycles. The van der Waals surface area contributed by atoms with E-state index in [1.54, 1.807) is 13.8 Å². The Bertz CT molecular complexity index is 70.2. The van der Waals surface area contributed by atoms with Gasteiger partial charge in [-0.25, -0.2) is 0 Å². The molecule has 0 atom stereocenters. The predicted octanol–water partition coefficient (Wildman–Crippen LogP) is 1.74. The molecule has 0 amide bonds. The molecular weight excluding hydrogens is 256 g/mol. The maximum Gasteiger partial charge on any atom is 2.00 e. The van der Waals surface area contributed by atoms with Gasteiger partial charge in [-0.05, 0) is 0 Å². The Hall–Kier alpha value is 0.168. The summed E-state index contributed by atoms with van der Waals surface area (Å²) in [4.78, 5) is 0. The zero-order chi connectivity index (χ0) is 5.15. The fourth-order valence-corrected chi connectivity index (χ4v) is 0. The standard InChI is InChI=1S/C6H8.W/c1-5(2)6(3)4;/h1,3H,2,4H3;/q-2;+2. The first-order valence-corrected chi connectivity index (χ1v) is 1.83. The Morgan fingerprint density at radius 3 is 1.14 bits per heavy atom. The van der Waals surface area contributed by atoms with Gasteiger partial charge in [0.15, 0.2) is 0 Å². The third kappa shape index (κ3) is 6.17. The van der Waals surface area contributed by atoms with Gasteiger partial charge in [0.2, 0.25) is 0 Å². The summed E-state index contributed by atoms with van der Waals surface area (Å²) in [5, 5.41) is 0. The van der Waals surface area contributed by atoms with Crippen LogP contribution < -0.4 is 0 Å². The van der Waals surface area contributed by atoms with Gasteiger partial charge in [-0.2, -0.15) is 0 Å². The van der Waals surface area contributed by atoms with Crippen molar-refractivity contribution < 1.29 is 21.1 Å². The van der Waals surface area contributed by atoms with E-state index in [0.717, 1.165) is 0 Å². The van der Waals surface area contributed by atoms with Crippen molar-refractivity contribution in [2.75, 3.05) is 0 Å². The molecule has 0 aromatic rings. The van der Waals surface area contributed by atoms with Gasteiger partial charge in [0, 0.05) is 0 Å². The summed E-state index contributed by atoms with van der Waals surface area (Å²) in [6.45, 7) is 13.9. The summed E-state index contributed by atoms with van der Waals surface area (Å²) in [6, 6.07) is 0. The minimum absolute atomic E-state index is 0. The minimum atomic E-state index is 0. The molecule has 0 spiro atoms. The van der Waals surface area contributed by atoms with Gasteiger partial charge in [0.1, 0.15) is 0 Å². The molecule has 38 valence electrons. The molecule has 0 radical (unpaired) electrons. The molecule has 0 aliphatic rings. The van der Waals surface area contributed by atoms with E-state index in [4.69, 9.17) is 13.2 Å². The van der Waals surface area contributed by atoms with Crippen LogP contribution in [0.1, 0.15) is 13.8 Å². The largest absolute Gasteiger partial charge is 2.00 e. The van der Waals surface area contributed by atoms with Crippen LogP contribution in [0.3, 0.4) is 0 Å². The van der Waals surface area contributed by atoms with Crippen molar-refractivity contribution in [1.82, 2.24) is 0 Å². The van der Waals surface area contributed by atoms with Gasteiger partial charge in [0.05, 0.1) is 0 Å². The summed E-state index contributed by atoms with van der Waals surface area (Å²) in [5.41, 5.74) is 1.41. The molecule has 0 aliphatic heterocycles. The molecule has 0 rings (SSSR count). The predicted molar refractivity (Wildman–Crippen MR) is 27.0 cm³/mol. The van der Waals surface area contributed by atoms with Gasteiger partial charge in [-0.3, -0.25) is 0 Å². The number of hydrogen-bond acceptors (Lipinski definition) is 0. The first kappa shape index (κ1) is 10.2. The maximum absolute atomic E-state index is 5.19. The zero-order valence-corrected chi connectivity index (χ0v) is 7.50. The van der Waals surface area contributed by atoms with Crippen LogP contribution in [0.4, 0.5) is 0 Å². The summed E-state index contributed by atoms with van der Waals surface area (Å²) in [7, 11) is 0. The molecule has 0 aromatic carbocycles. The summed E-state index contributed by atoms with van der Waals surface area (Å²) >= 11 is 0. The van der Waals surface area contributed by atoms with E-state index in [-0.39, 0.29) is 21.1 Å². The Morgan fingerprint density at radius 2 is 1.14 bits per heavy atom. The molecule has 7 heavy (non-hydrogen) atoms.